The lowest BCUT2D eigenvalue weighted by Crippen LogP contribution is -2.40. The van der Waals surface area contributed by atoms with Crippen LogP contribution in [0.3, 0.4) is 0 Å². The number of hydrogen-bond donors (Lipinski definition) is 2. The van der Waals surface area contributed by atoms with E-state index in [4.69, 9.17) is 4.74 Å². The Morgan fingerprint density at radius 2 is 1.95 bits per heavy atom. The third kappa shape index (κ3) is 7.60. The second-order valence-corrected chi connectivity index (χ2v) is 6.08. The molecule has 0 amide bonds. The number of methoxy groups -OCH3 is 1. The summed E-state index contributed by atoms with van der Waals surface area (Å²) in [6, 6.07) is 10.8. The summed E-state index contributed by atoms with van der Waals surface area (Å²) >= 11 is 0. The van der Waals surface area contributed by atoms with Crippen LogP contribution in [0.25, 0.3) is 0 Å². The van der Waals surface area contributed by atoms with Gasteiger partial charge in [0.2, 0.25) is 0 Å². The van der Waals surface area contributed by atoms with Crippen molar-refractivity contribution in [2.45, 2.75) is 57.6 Å². The van der Waals surface area contributed by atoms with Crippen molar-refractivity contribution in [3.8, 4) is 0 Å². The van der Waals surface area contributed by atoms with Gasteiger partial charge in [0.1, 0.15) is 0 Å². The van der Waals surface area contributed by atoms with Crippen molar-refractivity contribution < 1.29 is 9.84 Å². The molecule has 0 aliphatic rings. The zero-order valence-electron chi connectivity index (χ0n) is 13.8. The third-order valence-corrected chi connectivity index (χ3v) is 3.87. The van der Waals surface area contributed by atoms with Gasteiger partial charge in [-0.1, -0.05) is 56.5 Å². The van der Waals surface area contributed by atoms with Gasteiger partial charge in [0, 0.05) is 32.7 Å². The maximum absolute atomic E-state index is 10.4. The van der Waals surface area contributed by atoms with Crippen LogP contribution in [0.1, 0.15) is 57.6 Å². The molecule has 3 heteroatoms. The Morgan fingerprint density at radius 3 is 2.57 bits per heavy atom. The van der Waals surface area contributed by atoms with Crippen LogP contribution in [-0.2, 0) is 4.74 Å². The van der Waals surface area contributed by atoms with Crippen molar-refractivity contribution in [2.75, 3.05) is 20.3 Å². The monoisotopic (exact) mass is 293 g/mol. The number of hydrogen-bond acceptors (Lipinski definition) is 3. The number of ether oxygens (including phenoxy) is 1. The minimum atomic E-state index is -0.728. The number of nitrogens with one attached hydrogen (secondary N) is 1. The zero-order valence-corrected chi connectivity index (χ0v) is 13.8. The van der Waals surface area contributed by atoms with Gasteiger partial charge in [0.25, 0.3) is 0 Å². The van der Waals surface area contributed by atoms with Gasteiger partial charge in [-0.2, -0.15) is 0 Å². The largest absolute Gasteiger partial charge is 0.389 e. The quantitative estimate of drug-likeness (QED) is 0.611. The molecule has 0 aliphatic carbocycles. The van der Waals surface area contributed by atoms with Crippen LogP contribution in [0.2, 0.25) is 0 Å². The van der Waals surface area contributed by atoms with Gasteiger partial charge in [-0.15, -0.1) is 0 Å². The second-order valence-electron chi connectivity index (χ2n) is 6.08. The summed E-state index contributed by atoms with van der Waals surface area (Å²) in [5.74, 6) is 0. The Labute approximate surface area is 129 Å². The molecule has 1 aromatic rings. The average molecular weight is 293 g/mol. The number of unbranched alkanes of at least 4 members (excludes halogenated alkanes) is 2. The van der Waals surface area contributed by atoms with Gasteiger partial charge in [-0.3, -0.25) is 0 Å². The first kappa shape index (κ1) is 18.1. The van der Waals surface area contributed by atoms with Crippen molar-refractivity contribution in [1.29, 1.82) is 0 Å². The lowest BCUT2D eigenvalue weighted by atomic mass is 9.98. The summed E-state index contributed by atoms with van der Waals surface area (Å²) in [4.78, 5) is 0. The topological polar surface area (TPSA) is 41.5 Å². The molecule has 0 saturated heterocycles. The van der Waals surface area contributed by atoms with E-state index in [9.17, 15) is 5.11 Å². The van der Waals surface area contributed by atoms with Crippen molar-refractivity contribution in [3.63, 3.8) is 0 Å². The Kier molecular flexibility index (Phi) is 8.58. The molecule has 0 saturated carbocycles. The molecule has 2 atom stereocenters. The van der Waals surface area contributed by atoms with Crippen LogP contribution in [-0.4, -0.2) is 31.0 Å². The van der Waals surface area contributed by atoms with Gasteiger partial charge in [-0.25, -0.2) is 0 Å². The molecule has 0 heterocycles. The van der Waals surface area contributed by atoms with Crippen LogP contribution in [0.15, 0.2) is 30.3 Å². The molecule has 0 spiro atoms. The van der Waals surface area contributed by atoms with Crippen LogP contribution < -0.4 is 5.32 Å². The van der Waals surface area contributed by atoms with Gasteiger partial charge >= 0.3 is 0 Å². The fourth-order valence-electron chi connectivity index (χ4n) is 2.42. The first-order valence-corrected chi connectivity index (χ1v) is 8.08. The lowest BCUT2D eigenvalue weighted by Gasteiger charge is -2.27. The van der Waals surface area contributed by atoms with Gasteiger partial charge < -0.3 is 15.2 Å². The number of rotatable bonds is 11. The molecule has 2 unspecified atom stereocenters. The Bertz CT molecular complexity index is 365. The predicted molar refractivity (Wildman–Crippen MR) is 88.4 cm³/mol. The highest BCUT2D eigenvalue weighted by molar-refractivity contribution is 5.18. The highest BCUT2D eigenvalue weighted by Gasteiger charge is 2.22. The minimum absolute atomic E-state index is 0.312. The fourth-order valence-corrected chi connectivity index (χ4v) is 2.42. The molecule has 0 bridgehead atoms. The average Bonchev–Trinajstić information content (AvgIpc) is 2.49. The molecule has 1 rings (SSSR count). The third-order valence-electron chi connectivity index (χ3n) is 3.87. The second kappa shape index (κ2) is 9.93. The van der Waals surface area contributed by atoms with Crippen LogP contribution in [0.4, 0.5) is 0 Å². The molecule has 3 nitrogen and oxygen atoms in total. The van der Waals surface area contributed by atoms with Crippen molar-refractivity contribution in [1.82, 2.24) is 5.32 Å². The van der Waals surface area contributed by atoms with E-state index in [1.54, 1.807) is 7.11 Å². The van der Waals surface area contributed by atoms with Crippen molar-refractivity contribution in [2.24, 2.45) is 0 Å². The molecule has 0 fully saturated rings. The Hall–Kier alpha value is -0.900. The van der Waals surface area contributed by atoms with Crippen LogP contribution >= 0.6 is 0 Å². The predicted octanol–water partition coefficient (Wildman–Crippen LogP) is 3.69. The van der Waals surface area contributed by atoms with Crippen molar-refractivity contribution in [3.05, 3.63) is 35.9 Å². The molecule has 120 valence electrons. The van der Waals surface area contributed by atoms with E-state index >= 15 is 0 Å². The van der Waals surface area contributed by atoms with E-state index in [0.717, 1.165) is 6.42 Å². The van der Waals surface area contributed by atoms with Crippen molar-refractivity contribution >= 4 is 0 Å². The van der Waals surface area contributed by atoms with Crippen LogP contribution in [0, 0.1) is 0 Å². The van der Waals surface area contributed by atoms with Gasteiger partial charge in [0.05, 0.1) is 5.60 Å². The number of aliphatic hydroxyl groups is 1. The van der Waals surface area contributed by atoms with E-state index in [0.29, 0.717) is 25.6 Å². The number of benzene rings is 1. The summed E-state index contributed by atoms with van der Waals surface area (Å²) in [5.41, 5.74) is 0.574. The molecular formula is C18H31NO2. The molecule has 0 aliphatic heterocycles. The van der Waals surface area contributed by atoms with E-state index in [2.05, 4.69) is 36.5 Å². The maximum Gasteiger partial charge on any atom is 0.0765 e. The molecular weight excluding hydrogens is 262 g/mol. The minimum Gasteiger partial charge on any atom is -0.389 e. The SMILES string of the molecule is CCCCCC(NCC(C)(O)CCOC)c1ccccc1. The fraction of sp³-hybridized carbons (Fsp3) is 0.667. The first-order chi connectivity index (χ1) is 10.1. The maximum atomic E-state index is 10.4. The first-order valence-electron chi connectivity index (χ1n) is 8.08. The van der Waals surface area contributed by atoms with E-state index < -0.39 is 5.60 Å². The molecule has 1 aromatic carbocycles. The van der Waals surface area contributed by atoms with Gasteiger partial charge in [-0.05, 0) is 18.9 Å². The zero-order chi connectivity index (χ0) is 15.6. The molecule has 21 heavy (non-hydrogen) atoms. The summed E-state index contributed by atoms with van der Waals surface area (Å²) in [6.45, 7) is 5.26. The Balaban J connectivity index is 2.56. The lowest BCUT2D eigenvalue weighted by molar-refractivity contribution is 0.0224. The van der Waals surface area contributed by atoms with E-state index in [1.807, 2.05) is 13.0 Å². The summed E-state index contributed by atoms with van der Waals surface area (Å²) in [5, 5.41) is 13.9. The van der Waals surface area contributed by atoms with E-state index in [1.165, 1.54) is 24.8 Å². The standard InChI is InChI=1S/C18H31NO2/c1-4-5-7-12-17(16-10-8-6-9-11-16)19-15-18(2,20)13-14-21-3/h6,8-11,17,19-20H,4-5,7,12-15H2,1-3H3. The highest BCUT2D eigenvalue weighted by atomic mass is 16.5. The van der Waals surface area contributed by atoms with E-state index in [-0.39, 0.29) is 0 Å². The summed E-state index contributed by atoms with van der Waals surface area (Å²) in [7, 11) is 1.67. The van der Waals surface area contributed by atoms with Crippen LogP contribution in [0.5, 0.6) is 0 Å². The Morgan fingerprint density at radius 1 is 1.24 bits per heavy atom. The highest BCUT2D eigenvalue weighted by Crippen LogP contribution is 2.21. The summed E-state index contributed by atoms with van der Waals surface area (Å²) in [6.07, 6.45) is 5.45. The summed E-state index contributed by atoms with van der Waals surface area (Å²) < 4.78 is 5.06. The molecule has 0 radical (unpaired) electrons. The normalized spacial score (nSPS) is 15.6. The molecule has 2 N–H and O–H groups in total. The molecule has 0 aromatic heterocycles. The smallest absolute Gasteiger partial charge is 0.0765 e. The van der Waals surface area contributed by atoms with Gasteiger partial charge in [0.15, 0.2) is 0 Å².